The predicted octanol–water partition coefficient (Wildman–Crippen LogP) is 1.10. The fourth-order valence-corrected chi connectivity index (χ4v) is 2.24. The standard InChI is InChI=1S/C13H22N4O2/c1-3-19-12-8-11(15-10(2)16-12)17-13(9-14)4-6-18-7-5-13/h8H,3-7,9,14H2,1-2H3,(H,15,16,17). The zero-order valence-electron chi connectivity index (χ0n) is 11.6. The molecule has 0 aliphatic carbocycles. The Labute approximate surface area is 113 Å². The van der Waals surface area contributed by atoms with Crippen molar-refractivity contribution in [3.8, 4) is 5.88 Å². The van der Waals surface area contributed by atoms with Gasteiger partial charge in [-0.2, -0.15) is 4.98 Å². The highest BCUT2D eigenvalue weighted by atomic mass is 16.5. The molecule has 0 saturated carbocycles. The molecule has 0 atom stereocenters. The lowest BCUT2D eigenvalue weighted by molar-refractivity contribution is 0.0627. The van der Waals surface area contributed by atoms with Crippen molar-refractivity contribution in [2.45, 2.75) is 32.2 Å². The van der Waals surface area contributed by atoms with Gasteiger partial charge in [0.2, 0.25) is 5.88 Å². The molecule has 0 aromatic carbocycles. The Balaban J connectivity index is 2.16. The second kappa shape index (κ2) is 6.16. The van der Waals surface area contributed by atoms with E-state index < -0.39 is 0 Å². The average molecular weight is 266 g/mol. The molecule has 19 heavy (non-hydrogen) atoms. The highest BCUT2D eigenvalue weighted by molar-refractivity contribution is 5.41. The Morgan fingerprint density at radius 1 is 1.42 bits per heavy atom. The van der Waals surface area contributed by atoms with E-state index in [0.717, 1.165) is 31.9 Å². The van der Waals surface area contributed by atoms with E-state index in [1.54, 1.807) is 0 Å². The molecule has 0 spiro atoms. The van der Waals surface area contributed by atoms with Crippen LogP contribution >= 0.6 is 0 Å². The van der Waals surface area contributed by atoms with Gasteiger partial charge in [0, 0.05) is 25.8 Å². The van der Waals surface area contributed by atoms with Crippen LogP contribution in [0.2, 0.25) is 0 Å². The molecule has 2 heterocycles. The molecule has 6 heteroatoms. The summed E-state index contributed by atoms with van der Waals surface area (Å²) in [5.74, 6) is 2.05. The van der Waals surface area contributed by atoms with Gasteiger partial charge in [0.25, 0.3) is 0 Å². The average Bonchev–Trinajstić information content (AvgIpc) is 2.39. The summed E-state index contributed by atoms with van der Waals surface area (Å²) in [6, 6.07) is 1.82. The molecule has 1 fully saturated rings. The molecule has 2 rings (SSSR count). The van der Waals surface area contributed by atoms with Gasteiger partial charge in [-0.15, -0.1) is 0 Å². The van der Waals surface area contributed by atoms with Crippen LogP contribution in [0.1, 0.15) is 25.6 Å². The fourth-order valence-electron chi connectivity index (χ4n) is 2.24. The number of ether oxygens (including phenoxy) is 2. The summed E-state index contributed by atoms with van der Waals surface area (Å²) in [5.41, 5.74) is 5.79. The molecule has 1 aromatic rings. The van der Waals surface area contributed by atoms with Crippen LogP contribution in [0.5, 0.6) is 5.88 Å². The Hall–Kier alpha value is -1.40. The molecule has 0 amide bonds. The number of nitrogens with two attached hydrogens (primary N) is 1. The first-order valence-corrected chi connectivity index (χ1v) is 6.72. The van der Waals surface area contributed by atoms with Gasteiger partial charge in [0.15, 0.2) is 0 Å². The van der Waals surface area contributed by atoms with E-state index in [2.05, 4.69) is 15.3 Å². The number of hydrogen-bond donors (Lipinski definition) is 2. The topological polar surface area (TPSA) is 82.3 Å². The third-order valence-electron chi connectivity index (χ3n) is 3.34. The second-order valence-electron chi connectivity index (χ2n) is 4.79. The molecule has 3 N–H and O–H groups in total. The predicted molar refractivity (Wildman–Crippen MR) is 73.4 cm³/mol. The van der Waals surface area contributed by atoms with Crippen molar-refractivity contribution in [3.63, 3.8) is 0 Å². The first-order valence-electron chi connectivity index (χ1n) is 6.72. The van der Waals surface area contributed by atoms with Crippen LogP contribution in [0.15, 0.2) is 6.07 Å². The lowest BCUT2D eigenvalue weighted by Crippen LogP contribution is -2.49. The third-order valence-corrected chi connectivity index (χ3v) is 3.34. The summed E-state index contributed by atoms with van der Waals surface area (Å²) in [5, 5.41) is 3.45. The highest BCUT2D eigenvalue weighted by Gasteiger charge is 2.31. The molecule has 106 valence electrons. The Morgan fingerprint density at radius 3 is 2.79 bits per heavy atom. The number of nitrogens with one attached hydrogen (secondary N) is 1. The number of hydrogen-bond acceptors (Lipinski definition) is 6. The van der Waals surface area contributed by atoms with Gasteiger partial charge in [-0.25, -0.2) is 4.98 Å². The van der Waals surface area contributed by atoms with E-state index in [1.165, 1.54) is 0 Å². The molecule has 6 nitrogen and oxygen atoms in total. The van der Waals surface area contributed by atoms with E-state index in [1.807, 2.05) is 19.9 Å². The van der Waals surface area contributed by atoms with Crippen LogP contribution in [-0.4, -0.2) is 41.9 Å². The molecule has 0 bridgehead atoms. The summed E-state index contributed by atoms with van der Waals surface area (Å²) >= 11 is 0. The van der Waals surface area contributed by atoms with Gasteiger partial charge >= 0.3 is 0 Å². The van der Waals surface area contributed by atoms with Gasteiger partial charge < -0.3 is 20.5 Å². The first-order chi connectivity index (χ1) is 9.17. The van der Waals surface area contributed by atoms with Crippen LogP contribution in [-0.2, 0) is 4.74 Å². The maximum Gasteiger partial charge on any atom is 0.218 e. The van der Waals surface area contributed by atoms with Gasteiger partial charge in [-0.3, -0.25) is 0 Å². The Morgan fingerprint density at radius 2 is 2.16 bits per heavy atom. The minimum absolute atomic E-state index is 0.136. The Bertz CT molecular complexity index is 419. The molecule has 1 aliphatic heterocycles. The van der Waals surface area contributed by atoms with Crippen molar-refractivity contribution in [2.24, 2.45) is 5.73 Å². The molecule has 1 saturated heterocycles. The van der Waals surface area contributed by atoms with Crippen molar-refractivity contribution in [2.75, 3.05) is 31.7 Å². The monoisotopic (exact) mass is 266 g/mol. The summed E-state index contributed by atoms with van der Waals surface area (Å²) in [6.45, 7) is 6.39. The molecular formula is C13H22N4O2. The van der Waals surface area contributed by atoms with Crippen LogP contribution in [0, 0.1) is 6.92 Å². The van der Waals surface area contributed by atoms with Gasteiger partial charge in [0.1, 0.15) is 11.6 Å². The quantitative estimate of drug-likeness (QED) is 0.830. The summed E-state index contributed by atoms with van der Waals surface area (Å²) in [7, 11) is 0. The Kier molecular flexibility index (Phi) is 4.55. The van der Waals surface area contributed by atoms with Crippen LogP contribution in [0.4, 0.5) is 5.82 Å². The van der Waals surface area contributed by atoms with Crippen LogP contribution in [0.3, 0.4) is 0 Å². The lowest BCUT2D eigenvalue weighted by Gasteiger charge is -2.37. The van der Waals surface area contributed by atoms with Gasteiger partial charge in [-0.05, 0) is 26.7 Å². The van der Waals surface area contributed by atoms with E-state index in [4.69, 9.17) is 15.2 Å². The first kappa shape index (κ1) is 14.0. The van der Waals surface area contributed by atoms with Crippen molar-refractivity contribution in [3.05, 3.63) is 11.9 Å². The fraction of sp³-hybridized carbons (Fsp3) is 0.692. The molecule has 1 aromatic heterocycles. The SMILES string of the molecule is CCOc1cc(NC2(CN)CCOCC2)nc(C)n1. The molecule has 1 aliphatic rings. The second-order valence-corrected chi connectivity index (χ2v) is 4.79. The zero-order chi connectivity index (χ0) is 13.7. The maximum atomic E-state index is 5.93. The van der Waals surface area contributed by atoms with Crippen LogP contribution < -0.4 is 15.8 Å². The summed E-state index contributed by atoms with van der Waals surface area (Å²) in [4.78, 5) is 8.64. The van der Waals surface area contributed by atoms with E-state index >= 15 is 0 Å². The van der Waals surface area contributed by atoms with Gasteiger partial charge in [-0.1, -0.05) is 0 Å². The zero-order valence-corrected chi connectivity index (χ0v) is 11.6. The van der Waals surface area contributed by atoms with E-state index in [9.17, 15) is 0 Å². The minimum Gasteiger partial charge on any atom is -0.478 e. The summed E-state index contributed by atoms with van der Waals surface area (Å²) in [6.07, 6.45) is 1.77. The number of anilines is 1. The number of aromatic nitrogens is 2. The highest BCUT2D eigenvalue weighted by Crippen LogP contribution is 2.25. The smallest absolute Gasteiger partial charge is 0.218 e. The number of rotatable bonds is 5. The van der Waals surface area contributed by atoms with Crippen molar-refractivity contribution >= 4 is 5.82 Å². The normalized spacial score (nSPS) is 18.1. The molecular weight excluding hydrogens is 244 g/mol. The van der Waals surface area contributed by atoms with E-state index in [-0.39, 0.29) is 5.54 Å². The largest absolute Gasteiger partial charge is 0.478 e. The third kappa shape index (κ3) is 3.54. The summed E-state index contributed by atoms with van der Waals surface area (Å²) < 4.78 is 10.8. The lowest BCUT2D eigenvalue weighted by atomic mass is 9.90. The molecule has 0 unspecified atom stereocenters. The van der Waals surface area contributed by atoms with Crippen LogP contribution in [0.25, 0.3) is 0 Å². The van der Waals surface area contributed by atoms with Gasteiger partial charge in [0.05, 0.1) is 12.1 Å². The van der Waals surface area contributed by atoms with Crippen molar-refractivity contribution in [1.29, 1.82) is 0 Å². The van der Waals surface area contributed by atoms with Crippen molar-refractivity contribution < 1.29 is 9.47 Å². The van der Waals surface area contributed by atoms with E-state index in [0.29, 0.717) is 24.9 Å². The maximum absolute atomic E-state index is 5.93. The van der Waals surface area contributed by atoms with Crippen molar-refractivity contribution in [1.82, 2.24) is 9.97 Å². The number of aryl methyl sites for hydroxylation is 1. The number of nitrogens with zero attached hydrogens (tertiary/aromatic N) is 2. The molecule has 0 radical (unpaired) electrons. The minimum atomic E-state index is -0.136.